The number of alkyl halides is 3. The Morgan fingerprint density at radius 1 is 1.36 bits per heavy atom. The van der Waals surface area contributed by atoms with Crippen molar-refractivity contribution in [1.82, 2.24) is 9.55 Å². The van der Waals surface area contributed by atoms with Gasteiger partial charge in [-0.3, -0.25) is 4.79 Å². The summed E-state index contributed by atoms with van der Waals surface area (Å²) in [6, 6.07) is 10.0. The molecule has 1 heterocycles. The molecule has 1 aromatic carbocycles. The lowest BCUT2D eigenvalue weighted by Crippen LogP contribution is -2.26. The number of hydrogen-bond donors (Lipinski definition) is 1. The smallest absolute Gasteiger partial charge is 0.325 e. The molecule has 0 aliphatic heterocycles. The van der Waals surface area contributed by atoms with Gasteiger partial charge in [0.05, 0.1) is 6.07 Å². The number of rotatable bonds is 4. The van der Waals surface area contributed by atoms with Crippen LogP contribution < -0.4 is 5.32 Å². The first-order valence-corrected chi connectivity index (χ1v) is 6.24. The Hall–Kier alpha value is -2.82. The fraction of sp³-hybridized carbons (Fsp3) is 0.214. The van der Waals surface area contributed by atoms with Gasteiger partial charge in [-0.25, -0.2) is 4.98 Å². The van der Waals surface area contributed by atoms with Gasteiger partial charge in [0.25, 0.3) is 0 Å². The summed E-state index contributed by atoms with van der Waals surface area (Å²) in [7, 11) is 0. The third kappa shape index (κ3) is 3.85. The molecule has 22 heavy (non-hydrogen) atoms. The number of anilines is 1. The molecule has 0 fully saturated rings. The second-order valence-electron chi connectivity index (χ2n) is 4.45. The molecule has 1 aromatic heterocycles. The predicted molar refractivity (Wildman–Crippen MR) is 71.7 cm³/mol. The molecule has 114 valence electrons. The van der Waals surface area contributed by atoms with Crippen LogP contribution in [-0.2, 0) is 11.3 Å². The topological polar surface area (TPSA) is 70.7 Å². The highest BCUT2D eigenvalue weighted by molar-refractivity contribution is 5.97. The minimum absolute atomic E-state index is 0.242. The molecule has 0 radical (unpaired) electrons. The molecule has 0 aliphatic rings. The SMILES string of the molecule is N#CC(C(=O)Nc1ccccc1)c1nccn1CC(F)(F)F. The van der Waals surface area contributed by atoms with Gasteiger partial charge in [-0.1, -0.05) is 18.2 Å². The molecule has 0 aliphatic carbocycles. The molecule has 8 heteroatoms. The summed E-state index contributed by atoms with van der Waals surface area (Å²) in [5, 5.41) is 11.6. The van der Waals surface area contributed by atoms with Crippen molar-refractivity contribution in [3.63, 3.8) is 0 Å². The number of carbonyl (C=O) groups is 1. The summed E-state index contributed by atoms with van der Waals surface area (Å²) in [6.45, 7) is -1.31. The summed E-state index contributed by atoms with van der Waals surface area (Å²) in [5.41, 5.74) is 0.446. The Kier molecular flexibility index (Phi) is 4.46. The highest BCUT2D eigenvalue weighted by Crippen LogP contribution is 2.22. The molecular weight excluding hydrogens is 297 g/mol. The van der Waals surface area contributed by atoms with E-state index in [4.69, 9.17) is 5.26 Å². The van der Waals surface area contributed by atoms with Crippen molar-refractivity contribution in [1.29, 1.82) is 5.26 Å². The van der Waals surface area contributed by atoms with Gasteiger partial charge in [0.2, 0.25) is 5.91 Å². The standard InChI is InChI=1S/C14H11F3N4O/c15-14(16,17)9-21-7-6-19-12(21)11(8-18)13(22)20-10-4-2-1-3-5-10/h1-7,11H,9H2,(H,20,22). The fourth-order valence-electron chi connectivity index (χ4n) is 1.88. The molecule has 1 N–H and O–H groups in total. The molecule has 0 bridgehead atoms. The summed E-state index contributed by atoms with van der Waals surface area (Å²) in [4.78, 5) is 15.8. The Balaban J connectivity index is 2.20. The molecule has 1 unspecified atom stereocenters. The third-order valence-electron chi connectivity index (χ3n) is 2.79. The fourth-order valence-corrected chi connectivity index (χ4v) is 1.88. The third-order valence-corrected chi connectivity index (χ3v) is 2.79. The first-order valence-electron chi connectivity index (χ1n) is 6.24. The number of imidazole rings is 1. The average molecular weight is 308 g/mol. The number of para-hydroxylation sites is 1. The number of benzene rings is 1. The van der Waals surface area contributed by atoms with Crippen molar-refractivity contribution < 1.29 is 18.0 Å². The normalized spacial score (nSPS) is 12.5. The van der Waals surface area contributed by atoms with Crippen LogP contribution in [0, 0.1) is 11.3 Å². The predicted octanol–water partition coefficient (Wildman–Crippen LogP) is 2.69. The Bertz CT molecular complexity index is 688. The van der Waals surface area contributed by atoms with Gasteiger partial charge in [-0.15, -0.1) is 0 Å². The van der Waals surface area contributed by atoms with Crippen LogP contribution in [0.3, 0.4) is 0 Å². The van der Waals surface area contributed by atoms with E-state index >= 15 is 0 Å². The number of halogens is 3. The Morgan fingerprint density at radius 3 is 2.64 bits per heavy atom. The van der Waals surface area contributed by atoms with E-state index in [1.165, 1.54) is 0 Å². The molecule has 2 aromatic rings. The average Bonchev–Trinajstić information content (AvgIpc) is 2.87. The zero-order chi connectivity index (χ0) is 16.2. The van der Waals surface area contributed by atoms with E-state index in [2.05, 4.69) is 10.3 Å². The molecule has 2 rings (SSSR count). The largest absolute Gasteiger partial charge is 0.406 e. The molecule has 0 saturated heterocycles. The minimum Gasteiger partial charge on any atom is -0.325 e. The lowest BCUT2D eigenvalue weighted by Gasteiger charge is -2.14. The molecular formula is C14H11F3N4O. The van der Waals surface area contributed by atoms with Crippen LogP contribution in [-0.4, -0.2) is 21.6 Å². The number of carbonyl (C=O) groups excluding carboxylic acids is 1. The number of amides is 1. The second kappa shape index (κ2) is 6.30. The molecule has 1 amide bonds. The van der Waals surface area contributed by atoms with Gasteiger partial charge >= 0.3 is 6.18 Å². The van der Waals surface area contributed by atoms with Gasteiger partial charge in [0, 0.05) is 18.1 Å². The minimum atomic E-state index is -4.47. The van der Waals surface area contributed by atoms with Crippen LogP contribution in [0.25, 0.3) is 0 Å². The van der Waals surface area contributed by atoms with Crippen molar-refractivity contribution >= 4 is 11.6 Å². The van der Waals surface area contributed by atoms with E-state index < -0.39 is 24.5 Å². The number of nitriles is 1. The van der Waals surface area contributed by atoms with E-state index in [9.17, 15) is 18.0 Å². The first kappa shape index (κ1) is 15.6. The van der Waals surface area contributed by atoms with Gasteiger partial charge in [-0.05, 0) is 12.1 Å². The molecule has 0 saturated carbocycles. The maximum Gasteiger partial charge on any atom is 0.406 e. The van der Waals surface area contributed by atoms with Crippen molar-refractivity contribution in [3.05, 3.63) is 48.5 Å². The summed E-state index contributed by atoms with van der Waals surface area (Å²) < 4.78 is 38.2. The maximum atomic E-state index is 12.5. The van der Waals surface area contributed by atoms with Gasteiger partial charge in [0.15, 0.2) is 5.92 Å². The summed E-state index contributed by atoms with van der Waals surface area (Å²) in [6.07, 6.45) is -2.25. The number of aromatic nitrogens is 2. The van der Waals surface area contributed by atoms with Gasteiger partial charge in [-0.2, -0.15) is 18.4 Å². The van der Waals surface area contributed by atoms with Gasteiger partial charge < -0.3 is 9.88 Å². The van der Waals surface area contributed by atoms with Crippen LogP contribution in [0.2, 0.25) is 0 Å². The highest BCUT2D eigenvalue weighted by atomic mass is 19.4. The molecule has 5 nitrogen and oxygen atoms in total. The van der Waals surface area contributed by atoms with Crippen LogP contribution in [0.4, 0.5) is 18.9 Å². The summed E-state index contributed by atoms with van der Waals surface area (Å²) >= 11 is 0. The lowest BCUT2D eigenvalue weighted by atomic mass is 10.1. The van der Waals surface area contributed by atoms with Crippen LogP contribution in [0.15, 0.2) is 42.7 Å². The van der Waals surface area contributed by atoms with Crippen molar-refractivity contribution in [2.75, 3.05) is 5.32 Å². The van der Waals surface area contributed by atoms with E-state index in [-0.39, 0.29) is 5.82 Å². The van der Waals surface area contributed by atoms with E-state index in [0.717, 1.165) is 17.0 Å². The Morgan fingerprint density at radius 2 is 2.05 bits per heavy atom. The molecule has 1 atom stereocenters. The van der Waals surface area contributed by atoms with Crippen LogP contribution in [0.5, 0.6) is 0 Å². The quantitative estimate of drug-likeness (QED) is 0.944. The number of nitrogens with zero attached hydrogens (tertiary/aromatic N) is 3. The molecule has 0 spiro atoms. The highest BCUT2D eigenvalue weighted by Gasteiger charge is 2.32. The van der Waals surface area contributed by atoms with Crippen molar-refractivity contribution in [2.45, 2.75) is 18.6 Å². The lowest BCUT2D eigenvalue weighted by molar-refractivity contribution is -0.141. The van der Waals surface area contributed by atoms with Crippen LogP contribution in [0.1, 0.15) is 11.7 Å². The second-order valence-corrected chi connectivity index (χ2v) is 4.45. The monoisotopic (exact) mass is 308 g/mol. The maximum absolute atomic E-state index is 12.5. The van der Waals surface area contributed by atoms with E-state index in [1.807, 2.05) is 0 Å². The number of nitrogens with one attached hydrogen (secondary N) is 1. The zero-order valence-corrected chi connectivity index (χ0v) is 11.2. The first-order chi connectivity index (χ1) is 10.4. The summed E-state index contributed by atoms with van der Waals surface area (Å²) in [5.74, 6) is -2.41. The van der Waals surface area contributed by atoms with Crippen molar-refractivity contribution in [2.24, 2.45) is 0 Å². The van der Waals surface area contributed by atoms with Gasteiger partial charge in [0.1, 0.15) is 12.4 Å². The zero-order valence-electron chi connectivity index (χ0n) is 11.2. The Labute approximate surface area is 124 Å². The van der Waals surface area contributed by atoms with E-state index in [0.29, 0.717) is 5.69 Å². The van der Waals surface area contributed by atoms with Crippen LogP contribution >= 0.6 is 0 Å². The van der Waals surface area contributed by atoms with Crippen molar-refractivity contribution in [3.8, 4) is 6.07 Å². The van der Waals surface area contributed by atoms with E-state index in [1.54, 1.807) is 36.4 Å². The number of hydrogen-bond acceptors (Lipinski definition) is 3.